The second-order valence-electron chi connectivity index (χ2n) is 11.3. The van der Waals surface area contributed by atoms with Crippen LogP contribution in [0.25, 0.3) is 0 Å². The van der Waals surface area contributed by atoms with Gasteiger partial charge in [-0.05, 0) is 68.7 Å². The van der Waals surface area contributed by atoms with Crippen LogP contribution >= 0.6 is 0 Å². The maximum atomic E-state index is 13.8. The summed E-state index contributed by atoms with van der Waals surface area (Å²) in [5, 5.41) is 10.6. The highest BCUT2D eigenvalue weighted by Gasteiger charge is 2.47. The number of amides is 1. The van der Waals surface area contributed by atoms with Gasteiger partial charge in [0.15, 0.2) is 0 Å². The number of aliphatic carboxylic acids is 1. The molecular formula is C32H45N3O5. The van der Waals surface area contributed by atoms with Gasteiger partial charge in [0.2, 0.25) is 5.91 Å². The number of carboxylic acids is 1. The van der Waals surface area contributed by atoms with Crippen LogP contribution < -0.4 is 9.47 Å². The average molecular weight is 552 g/mol. The van der Waals surface area contributed by atoms with Crippen LogP contribution in [0.1, 0.15) is 48.8 Å². The smallest absolute Gasteiger partial charge is 0.308 e. The number of nitrogens with zero attached hydrogens (tertiary/aromatic N) is 3. The molecule has 0 bridgehead atoms. The van der Waals surface area contributed by atoms with Crippen molar-refractivity contribution in [2.75, 3.05) is 60.5 Å². The Balaban J connectivity index is 1.63. The van der Waals surface area contributed by atoms with Crippen molar-refractivity contribution >= 4 is 11.9 Å². The minimum Gasteiger partial charge on any atom is -0.496 e. The molecule has 8 nitrogen and oxygen atoms in total. The Bertz CT molecular complexity index is 1150. The molecular weight excluding hydrogens is 506 g/mol. The highest BCUT2D eigenvalue weighted by Crippen LogP contribution is 2.41. The Hall–Kier alpha value is -3.10. The van der Waals surface area contributed by atoms with E-state index < -0.39 is 11.9 Å². The number of hydrogen-bond acceptors (Lipinski definition) is 6. The fourth-order valence-electron chi connectivity index (χ4n) is 6.18. The Labute approximate surface area is 238 Å². The first-order valence-electron chi connectivity index (χ1n) is 14.6. The van der Waals surface area contributed by atoms with Crippen LogP contribution in [0.15, 0.2) is 42.5 Å². The Morgan fingerprint density at radius 1 is 1.10 bits per heavy atom. The van der Waals surface area contributed by atoms with Crippen LogP contribution in [0.3, 0.4) is 0 Å². The van der Waals surface area contributed by atoms with Crippen LogP contribution in [0, 0.1) is 5.92 Å². The van der Waals surface area contributed by atoms with E-state index in [-0.39, 0.29) is 24.4 Å². The van der Waals surface area contributed by atoms with Crippen molar-refractivity contribution < 1.29 is 24.2 Å². The fourth-order valence-corrected chi connectivity index (χ4v) is 6.18. The minimum absolute atomic E-state index is 0.0735. The molecule has 1 saturated heterocycles. The lowest BCUT2D eigenvalue weighted by molar-refractivity contribution is -0.143. The number of carbonyl (C=O) groups excluding carboxylic acids is 1. The van der Waals surface area contributed by atoms with Crippen molar-refractivity contribution in [3.8, 4) is 11.5 Å². The zero-order valence-electron chi connectivity index (χ0n) is 24.5. The van der Waals surface area contributed by atoms with Crippen LogP contribution in [0.2, 0.25) is 0 Å². The molecule has 0 spiro atoms. The zero-order valence-corrected chi connectivity index (χ0v) is 24.5. The van der Waals surface area contributed by atoms with E-state index in [1.54, 1.807) is 7.11 Å². The number of ether oxygens (including phenoxy) is 2. The monoisotopic (exact) mass is 551 g/mol. The maximum absolute atomic E-state index is 13.8. The molecule has 0 aromatic heterocycles. The van der Waals surface area contributed by atoms with Crippen molar-refractivity contribution in [2.45, 2.75) is 51.0 Å². The Morgan fingerprint density at radius 3 is 2.60 bits per heavy atom. The topological polar surface area (TPSA) is 82.5 Å². The standard InChI is InChI=1S/C32H45N3O5/c1-5-6-16-34(17-9-15-33(2)3)30(36)22-35-21-26(23-12-13-29-25(19-23)14-18-40-29)31(32(37)38)27(35)20-24-10-7-8-11-28(24)39-4/h7-8,10-13,19,26-27,31H,5-6,9,14-18,20-22H2,1-4H3,(H,37,38)/t26-,27+,31?/m1/s1. The summed E-state index contributed by atoms with van der Waals surface area (Å²) in [6, 6.07) is 13.5. The lowest BCUT2D eigenvalue weighted by atomic mass is 9.82. The number of para-hydroxylation sites is 1. The third-order valence-corrected chi connectivity index (χ3v) is 8.30. The van der Waals surface area contributed by atoms with E-state index in [1.165, 1.54) is 0 Å². The van der Waals surface area contributed by atoms with Gasteiger partial charge in [0, 0.05) is 38.0 Å². The molecule has 2 aromatic carbocycles. The van der Waals surface area contributed by atoms with Gasteiger partial charge in [-0.15, -0.1) is 0 Å². The summed E-state index contributed by atoms with van der Waals surface area (Å²) in [7, 11) is 5.72. The summed E-state index contributed by atoms with van der Waals surface area (Å²) >= 11 is 0. The second kappa shape index (κ2) is 14.0. The minimum atomic E-state index is -0.828. The molecule has 218 valence electrons. The molecule has 8 heteroatoms. The summed E-state index contributed by atoms with van der Waals surface area (Å²) < 4.78 is 11.3. The predicted octanol–water partition coefficient (Wildman–Crippen LogP) is 3.92. The molecule has 2 aliphatic heterocycles. The Kier molecular flexibility index (Phi) is 10.5. The van der Waals surface area contributed by atoms with E-state index >= 15 is 0 Å². The van der Waals surface area contributed by atoms with Gasteiger partial charge >= 0.3 is 5.97 Å². The molecule has 0 aliphatic carbocycles. The largest absolute Gasteiger partial charge is 0.496 e. The number of methoxy groups -OCH3 is 1. The highest BCUT2D eigenvalue weighted by atomic mass is 16.5. The molecule has 1 fully saturated rings. The van der Waals surface area contributed by atoms with Crippen molar-refractivity contribution in [1.82, 2.24) is 14.7 Å². The number of carboxylic acid groups (broad SMARTS) is 1. The first-order valence-corrected chi connectivity index (χ1v) is 14.6. The van der Waals surface area contributed by atoms with Crippen LogP contribution in [-0.2, 0) is 22.4 Å². The molecule has 4 rings (SSSR count). The van der Waals surface area contributed by atoms with Gasteiger partial charge in [0.1, 0.15) is 11.5 Å². The summed E-state index contributed by atoms with van der Waals surface area (Å²) in [4.78, 5) is 32.9. The number of unbranched alkanes of at least 4 members (excludes halogenated alkanes) is 1. The van der Waals surface area contributed by atoms with Crippen molar-refractivity contribution in [2.24, 2.45) is 5.92 Å². The van der Waals surface area contributed by atoms with Crippen LogP contribution in [-0.4, -0.2) is 98.3 Å². The number of rotatable bonds is 14. The number of likely N-dealkylation sites (tertiary alicyclic amines) is 1. The Morgan fingerprint density at radius 2 is 1.88 bits per heavy atom. The van der Waals surface area contributed by atoms with E-state index in [0.717, 1.165) is 67.0 Å². The summed E-state index contributed by atoms with van der Waals surface area (Å²) in [6.45, 7) is 5.87. The second-order valence-corrected chi connectivity index (χ2v) is 11.3. The maximum Gasteiger partial charge on any atom is 0.308 e. The molecule has 1 amide bonds. The average Bonchev–Trinajstić information content (AvgIpc) is 3.55. The number of hydrogen-bond donors (Lipinski definition) is 1. The fraction of sp³-hybridized carbons (Fsp3) is 0.562. The third kappa shape index (κ3) is 7.15. The molecule has 1 N–H and O–H groups in total. The number of carbonyl (C=O) groups is 2. The zero-order chi connectivity index (χ0) is 28.6. The van der Waals surface area contributed by atoms with E-state index in [1.807, 2.05) is 55.4 Å². The number of fused-ring (bicyclic) bond motifs is 1. The van der Waals surface area contributed by atoms with E-state index in [0.29, 0.717) is 26.1 Å². The first kappa shape index (κ1) is 29.9. The molecule has 1 unspecified atom stereocenters. The highest BCUT2D eigenvalue weighted by molar-refractivity contribution is 5.79. The lowest BCUT2D eigenvalue weighted by Crippen LogP contribution is -2.45. The van der Waals surface area contributed by atoms with Crippen molar-refractivity contribution in [3.63, 3.8) is 0 Å². The van der Waals surface area contributed by atoms with Crippen LogP contribution in [0.5, 0.6) is 11.5 Å². The normalized spacial score (nSPS) is 20.4. The molecule has 2 aliphatic rings. The van der Waals surface area contributed by atoms with Gasteiger partial charge < -0.3 is 24.4 Å². The van der Waals surface area contributed by atoms with E-state index in [2.05, 4.69) is 22.8 Å². The van der Waals surface area contributed by atoms with Crippen LogP contribution in [0.4, 0.5) is 0 Å². The molecule has 40 heavy (non-hydrogen) atoms. The quantitative estimate of drug-likeness (QED) is 0.381. The molecule has 2 heterocycles. The van der Waals surface area contributed by atoms with E-state index in [4.69, 9.17) is 9.47 Å². The van der Waals surface area contributed by atoms with Gasteiger partial charge in [-0.2, -0.15) is 0 Å². The predicted molar refractivity (Wildman–Crippen MR) is 156 cm³/mol. The molecule has 0 saturated carbocycles. The van der Waals surface area contributed by atoms with Crippen molar-refractivity contribution in [3.05, 3.63) is 59.2 Å². The molecule has 0 radical (unpaired) electrons. The lowest BCUT2D eigenvalue weighted by Gasteiger charge is -2.30. The number of benzene rings is 2. The van der Waals surface area contributed by atoms with E-state index in [9.17, 15) is 14.7 Å². The van der Waals surface area contributed by atoms with Gasteiger partial charge in [0.05, 0.1) is 26.2 Å². The first-order chi connectivity index (χ1) is 19.3. The molecule has 2 aromatic rings. The molecule has 3 atom stereocenters. The van der Waals surface area contributed by atoms with Gasteiger partial charge in [-0.1, -0.05) is 43.7 Å². The summed E-state index contributed by atoms with van der Waals surface area (Å²) in [5.41, 5.74) is 3.09. The summed E-state index contributed by atoms with van der Waals surface area (Å²) in [5.74, 6) is -0.0146. The summed E-state index contributed by atoms with van der Waals surface area (Å²) in [6.07, 6.45) is 4.21. The van der Waals surface area contributed by atoms with Gasteiger partial charge in [0.25, 0.3) is 0 Å². The van der Waals surface area contributed by atoms with Crippen molar-refractivity contribution in [1.29, 1.82) is 0 Å². The SMILES string of the molecule is CCCCN(CCCN(C)C)C(=O)CN1C[C@H](c2ccc3c(c2)CCO3)C(C(=O)O)[C@@H]1Cc1ccccc1OC. The van der Waals surface area contributed by atoms with Gasteiger partial charge in [-0.25, -0.2) is 0 Å². The van der Waals surface area contributed by atoms with Gasteiger partial charge in [-0.3, -0.25) is 14.5 Å². The third-order valence-electron chi connectivity index (χ3n) is 8.30.